The summed E-state index contributed by atoms with van der Waals surface area (Å²) >= 11 is 1.61. The molecule has 1 heterocycles. The first-order chi connectivity index (χ1) is 7.34. The zero-order valence-corrected chi connectivity index (χ0v) is 11.5. The average molecular weight is 243 g/mol. The molecular formula is C12H21NO2S. The summed E-state index contributed by atoms with van der Waals surface area (Å²) in [6.45, 7) is 8.28. The Morgan fingerprint density at radius 2 is 2.12 bits per heavy atom. The molecule has 0 radical (unpaired) electrons. The minimum absolute atomic E-state index is 0.0760. The van der Waals surface area contributed by atoms with Crippen molar-refractivity contribution in [3.63, 3.8) is 0 Å². The smallest absolute Gasteiger partial charge is 0.0955 e. The summed E-state index contributed by atoms with van der Waals surface area (Å²) in [5.41, 5.74) is 1.16. The summed E-state index contributed by atoms with van der Waals surface area (Å²) < 4.78 is 5.09. The Morgan fingerprint density at radius 1 is 1.50 bits per heavy atom. The molecule has 2 atom stereocenters. The van der Waals surface area contributed by atoms with Crippen LogP contribution in [0.25, 0.3) is 0 Å². The Bertz CT molecular complexity index is 330. The lowest BCUT2D eigenvalue weighted by Gasteiger charge is -2.16. The maximum atomic E-state index is 9.82. The molecule has 0 saturated heterocycles. The number of aliphatic hydroxyl groups excluding tert-OH is 1. The van der Waals surface area contributed by atoms with Crippen LogP contribution in [0.4, 0.5) is 0 Å². The van der Waals surface area contributed by atoms with Gasteiger partial charge >= 0.3 is 0 Å². The van der Waals surface area contributed by atoms with Crippen LogP contribution < -0.4 is 0 Å². The SMILES string of the molecule is COC(C)C(O)Cc1nc(C(C)(C)C)cs1. The molecule has 0 aliphatic heterocycles. The van der Waals surface area contributed by atoms with E-state index in [9.17, 15) is 5.11 Å². The molecule has 1 aromatic heterocycles. The highest BCUT2D eigenvalue weighted by atomic mass is 32.1. The maximum absolute atomic E-state index is 9.82. The Balaban J connectivity index is 2.66. The van der Waals surface area contributed by atoms with Crippen LogP contribution >= 0.6 is 11.3 Å². The molecule has 1 N–H and O–H groups in total. The fraction of sp³-hybridized carbons (Fsp3) is 0.750. The highest BCUT2D eigenvalue weighted by Crippen LogP contribution is 2.24. The van der Waals surface area contributed by atoms with Crippen molar-refractivity contribution in [2.75, 3.05) is 7.11 Å². The maximum Gasteiger partial charge on any atom is 0.0955 e. The van der Waals surface area contributed by atoms with Crippen molar-refractivity contribution in [3.8, 4) is 0 Å². The van der Waals surface area contributed by atoms with Crippen molar-refractivity contribution in [3.05, 3.63) is 16.1 Å². The van der Waals surface area contributed by atoms with Gasteiger partial charge in [0.05, 0.1) is 22.9 Å². The Labute approximate surface area is 101 Å². The van der Waals surface area contributed by atoms with Gasteiger partial charge in [0, 0.05) is 24.3 Å². The summed E-state index contributed by atoms with van der Waals surface area (Å²) in [5.74, 6) is 0. The van der Waals surface area contributed by atoms with Crippen molar-refractivity contribution >= 4 is 11.3 Å². The van der Waals surface area contributed by atoms with E-state index < -0.39 is 6.10 Å². The van der Waals surface area contributed by atoms with Crippen molar-refractivity contribution in [1.29, 1.82) is 0 Å². The van der Waals surface area contributed by atoms with Gasteiger partial charge in [-0.25, -0.2) is 4.98 Å². The van der Waals surface area contributed by atoms with E-state index in [-0.39, 0.29) is 11.5 Å². The van der Waals surface area contributed by atoms with Gasteiger partial charge < -0.3 is 9.84 Å². The number of aliphatic hydroxyl groups is 1. The summed E-state index contributed by atoms with van der Waals surface area (Å²) in [6, 6.07) is 0. The Kier molecular flexibility index (Phi) is 4.47. The lowest BCUT2D eigenvalue weighted by atomic mass is 9.93. The average Bonchev–Trinajstić information content (AvgIpc) is 2.64. The minimum Gasteiger partial charge on any atom is -0.390 e. The van der Waals surface area contributed by atoms with E-state index >= 15 is 0 Å². The third kappa shape index (κ3) is 3.54. The van der Waals surface area contributed by atoms with E-state index in [0.29, 0.717) is 6.42 Å². The largest absolute Gasteiger partial charge is 0.390 e. The molecule has 1 rings (SSSR count). The summed E-state index contributed by atoms with van der Waals surface area (Å²) in [7, 11) is 1.61. The quantitative estimate of drug-likeness (QED) is 0.883. The minimum atomic E-state index is -0.482. The monoisotopic (exact) mass is 243 g/mol. The number of hydrogen-bond acceptors (Lipinski definition) is 4. The third-order valence-corrected chi connectivity index (χ3v) is 3.49. The number of aromatic nitrogens is 1. The van der Waals surface area contributed by atoms with Crippen LogP contribution in [0.2, 0.25) is 0 Å². The molecule has 2 unspecified atom stereocenters. The second-order valence-corrected chi connectivity index (χ2v) is 6.03. The number of methoxy groups -OCH3 is 1. The van der Waals surface area contributed by atoms with Crippen LogP contribution in [0.5, 0.6) is 0 Å². The van der Waals surface area contributed by atoms with Gasteiger partial charge in [-0.15, -0.1) is 11.3 Å². The van der Waals surface area contributed by atoms with Crippen LogP contribution in [-0.4, -0.2) is 29.4 Å². The molecule has 0 spiro atoms. The fourth-order valence-corrected chi connectivity index (χ4v) is 2.32. The third-order valence-electron chi connectivity index (χ3n) is 2.62. The van der Waals surface area contributed by atoms with Crippen molar-refractivity contribution in [2.24, 2.45) is 0 Å². The second-order valence-electron chi connectivity index (χ2n) is 5.09. The van der Waals surface area contributed by atoms with E-state index in [0.717, 1.165) is 10.7 Å². The van der Waals surface area contributed by atoms with E-state index in [1.807, 2.05) is 6.92 Å². The van der Waals surface area contributed by atoms with E-state index in [4.69, 9.17) is 4.74 Å². The molecule has 3 nitrogen and oxygen atoms in total. The van der Waals surface area contributed by atoms with E-state index in [1.165, 1.54) is 0 Å². The van der Waals surface area contributed by atoms with Gasteiger partial charge in [-0.2, -0.15) is 0 Å². The highest BCUT2D eigenvalue weighted by Gasteiger charge is 2.20. The standard InChI is InChI=1S/C12H21NO2S/c1-8(15-5)9(14)6-11-13-10(7-16-11)12(2,3)4/h7-9,14H,6H2,1-5H3. The van der Waals surface area contributed by atoms with Gasteiger partial charge in [0.1, 0.15) is 0 Å². The molecule has 0 saturated carbocycles. The molecular weight excluding hydrogens is 222 g/mol. The molecule has 16 heavy (non-hydrogen) atoms. The fourth-order valence-electron chi connectivity index (χ4n) is 1.25. The van der Waals surface area contributed by atoms with Gasteiger partial charge in [0.2, 0.25) is 0 Å². The van der Waals surface area contributed by atoms with Gasteiger partial charge in [0.25, 0.3) is 0 Å². The van der Waals surface area contributed by atoms with Gasteiger partial charge in [-0.05, 0) is 6.92 Å². The lowest BCUT2D eigenvalue weighted by Crippen LogP contribution is -2.27. The molecule has 1 aromatic rings. The summed E-state index contributed by atoms with van der Waals surface area (Å²) in [6.07, 6.45) is -0.0681. The van der Waals surface area contributed by atoms with Gasteiger partial charge in [0.15, 0.2) is 0 Å². The zero-order valence-electron chi connectivity index (χ0n) is 10.7. The van der Waals surface area contributed by atoms with Crippen molar-refractivity contribution < 1.29 is 9.84 Å². The van der Waals surface area contributed by atoms with Crippen molar-refractivity contribution in [1.82, 2.24) is 4.98 Å². The normalized spacial score (nSPS) is 16.1. The first-order valence-corrected chi connectivity index (χ1v) is 6.38. The molecule has 0 aliphatic carbocycles. The van der Waals surface area contributed by atoms with Crippen LogP contribution in [0.3, 0.4) is 0 Å². The molecule has 92 valence electrons. The molecule has 0 bridgehead atoms. The summed E-state index contributed by atoms with van der Waals surface area (Å²) in [5, 5.41) is 12.9. The van der Waals surface area contributed by atoms with Crippen LogP contribution in [0.1, 0.15) is 38.4 Å². The number of nitrogens with zero attached hydrogens (tertiary/aromatic N) is 1. The first-order valence-electron chi connectivity index (χ1n) is 5.50. The highest BCUT2D eigenvalue weighted by molar-refractivity contribution is 7.09. The Morgan fingerprint density at radius 3 is 2.56 bits per heavy atom. The van der Waals surface area contributed by atoms with E-state index in [1.54, 1.807) is 18.4 Å². The lowest BCUT2D eigenvalue weighted by molar-refractivity contribution is 0.000364. The van der Waals surface area contributed by atoms with Crippen molar-refractivity contribution in [2.45, 2.75) is 51.7 Å². The second kappa shape index (κ2) is 5.25. The number of ether oxygens (including phenoxy) is 1. The van der Waals surface area contributed by atoms with E-state index in [2.05, 4.69) is 31.1 Å². The van der Waals surface area contributed by atoms with Crippen LogP contribution in [0.15, 0.2) is 5.38 Å². The number of hydrogen-bond donors (Lipinski definition) is 1. The molecule has 0 amide bonds. The number of thiazole rings is 1. The zero-order chi connectivity index (χ0) is 12.3. The molecule has 4 heteroatoms. The number of rotatable bonds is 4. The predicted octanol–water partition coefficient (Wildman–Crippen LogP) is 2.38. The topological polar surface area (TPSA) is 42.4 Å². The molecule has 0 aliphatic rings. The first kappa shape index (κ1) is 13.6. The van der Waals surface area contributed by atoms with Crippen LogP contribution in [-0.2, 0) is 16.6 Å². The van der Waals surface area contributed by atoms with Gasteiger partial charge in [-0.3, -0.25) is 0 Å². The van der Waals surface area contributed by atoms with Crippen LogP contribution in [0, 0.1) is 0 Å². The molecule has 0 fully saturated rings. The molecule has 0 aromatic carbocycles. The summed E-state index contributed by atoms with van der Waals surface area (Å²) in [4.78, 5) is 4.54. The van der Waals surface area contributed by atoms with Gasteiger partial charge in [-0.1, -0.05) is 20.8 Å². The Hall–Kier alpha value is -0.450. The predicted molar refractivity (Wildman–Crippen MR) is 67.0 cm³/mol.